The number of nitrogens with zero attached hydrogens (tertiary/aromatic N) is 4. The van der Waals surface area contributed by atoms with Gasteiger partial charge < -0.3 is 25.6 Å². The maximum atomic E-state index is 15.8. The number of nitrogens with two attached hydrogens (primary N) is 1. The summed E-state index contributed by atoms with van der Waals surface area (Å²) in [5.41, 5.74) is 5.98. The number of methoxy groups -OCH3 is 1. The van der Waals surface area contributed by atoms with Crippen LogP contribution in [0.2, 0.25) is 0 Å². The molecule has 13 heteroatoms. The summed E-state index contributed by atoms with van der Waals surface area (Å²) in [6.45, 7) is 1.36. The predicted molar refractivity (Wildman–Crippen MR) is 133 cm³/mol. The monoisotopic (exact) mass is 508 g/mol. The molecule has 0 fully saturated rings. The van der Waals surface area contributed by atoms with Crippen LogP contribution in [0.25, 0.3) is 5.95 Å². The molecule has 0 radical (unpaired) electrons. The van der Waals surface area contributed by atoms with Gasteiger partial charge in [-0.2, -0.15) is 0 Å². The van der Waals surface area contributed by atoms with Gasteiger partial charge in [0.2, 0.25) is 0 Å². The van der Waals surface area contributed by atoms with Gasteiger partial charge in [-0.15, -0.1) is 9.78 Å². The largest absolute Gasteiger partial charge is 0.497 e. The number of aliphatic hydroxyl groups is 1. The summed E-state index contributed by atoms with van der Waals surface area (Å²) in [5.74, 6) is -0.627. The van der Waals surface area contributed by atoms with Gasteiger partial charge in [0.1, 0.15) is 24.2 Å². The predicted octanol–water partition coefficient (Wildman–Crippen LogP) is 1.74. The number of halogens is 1. The molecule has 2 aromatic carbocycles. The molecule has 2 aromatic heterocycles. The second-order valence-corrected chi connectivity index (χ2v) is 8.03. The number of amidine groups is 1. The number of aromatic amines is 1. The van der Waals surface area contributed by atoms with E-state index in [2.05, 4.69) is 25.4 Å². The molecule has 0 aliphatic carbocycles. The van der Waals surface area contributed by atoms with Crippen LogP contribution in [0.15, 0.2) is 59.7 Å². The van der Waals surface area contributed by atoms with Crippen LogP contribution in [-0.2, 0) is 0 Å². The summed E-state index contributed by atoms with van der Waals surface area (Å²) in [5, 5.41) is 24.7. The van der Waals surface area contributed by atoms with Crippen molar-refractivity contribution in [2.45, 2.75) is 19.1 Å². The van der Waals surface area contributed by atoms with Crippen molar-refractivity contribution in [2.24, 2.45) is 5.73 Å². The molecule has 0 saturated carbocycles. The Labute approximate surface area is 210 Å². The number of nitrogen functional groups attached to an aromatic ring is 1. The van der Waals surface area contributed by atoms with Gasteiger partial charge in [0.15, 0.2) is 17.4 Å². The number of H-pyrrole nitrogens is 1. The van der Waals surface area contributed by atoms with E-state index in [-0.39, 0.29) is 41.3 Å². The van der Waals surface area contributed by atoms with Crippen LogP contribution in [0.3, 0.4) is 0 Å². The van der Waals surface area contributed by atoms with E-state index in [4.69, 9.17) is 20.6 Å². The average Bonchev–Trinajstić information content (AvgIpc) is 3.28. The van der Waals surface area contributed by atoms with E-state index in [9.17, 15) is 9.90 Å². The summed E-state index contributed by atoms with van der Waals surface area (Å²) in [4.78, 5) is 23.5. The van der Waals surface area contributed by atoms with Crippen molar-refractivity contribution >= 4 is 11.5 Å². The summed E-state index contributed by atoms with van der Waals surface area (Å²) < 4.78 is 27.6. The fraction of sp³-hybridized carbons (Fsp3) is 0.208. The maximum absolute atomic E-state index is 15.8. The number of rotatable bonds is 10. The third kappa shape index (κ3) is 5.73. The number of nitrogens with one attached hydrogen (secondary N) is 3. The lowest BCUT2D eigenvalue weighted by atomic mass is 10.0. The fourth-order valence-electron chi connectivity index (χ4n) is 3.45. The highest BCUT2D eigenvalue weighted by Gasteiger charge is 2.27. The van der Waals surface area contributed by atoms with E-state index >= 15 is 4.39 Å². The minimum absolute atomic E-state index is 0.0339. The Bertz CT molecular complexity index is 1440. The molecule has 0 aliphatic heterocycles. The van der Waals surface area contributed by atoms with Crippen molar-refractivity contribution < 1.29 is 19.0 Å². The van der Waals surface area contributed by atoms with Crippen LogP contribution in [0.5, 0.6) is 11.5 Å². The molecule has 2 atom stereocenters. The highest BCUT2D eigenvalue weighted by atomic mass is 19.1. The number of benzene rings is 2. The molecule has 192 valence electrons. The summed E-state index contributed by atoms with van der Waals surface area (Å²) in [6, 6.07) is 9.92. The van der Waals surface area contributed by atoms with Gasteiger partial charge in [0.25, 0.3) is 5.95 Å². The molecule has 0 unspecified atom stereocenters. The van der Waals surface area contributed by atoms with Crippen molar-refractivity contribution in [2.75, 3.05) is 19.0 Å². The van der Waals surface area contributed by atoms with E-state index in [1.165, 1.54) is 38.6 Å². The number of hydrogen-bond acceptors (Lipinski definition) is 9. The lowest BCUT2D eigenvalue weighted by Gasteiger charge is -2.21. The van der Waals surface area contributed by atoms with Crippen LogP contribution in [0.4, 0.5) is 10.1 Å². The Morgan fingerprint density at radius 1 is 1.27 bits per heavy atom. The fourth-order valence-corrected chi connectivity index (χ4v) is 3.45. The van der Waals surface area contributed by atoms with Crippen LogP contribution >= 0.6 is 0 Å². The maximum Gasteiger partial charge on any atom is 0.350 e. The number of anilines is 1. The van der Waals surface area contributed by atoms with Crippen LogP contribution < -0.4 is 26.2 Å². The molecule has 2 heterocycles. The normalized spacial score (nSPS) is 12.5. The third-order valence-electron chi connectivity index (χ3n) is 5.22. The van der Waals surface area contributed by atoms with Gasteiger partial charge in [-0.1, -0.05) is 0 Å². The summed E-state index contributed by atoms with van der Waals surface area (Å²) >= 11 is 0. The highest BCUT2D eigenvalue weighted by Crippen LogP contribution is 2.35. The topological polar surface area (TPSA) is 177 Å². The van der Waals surface area contributed by atoms with Gasteiger partial charge in [0, 0.05) is 35.3 Å². The molecule has 0 aliphatic rings. The van der Waals surface area contributed by atoms with Gasteiger partial charge in [0.05, 0.1) is 13.2 Å². The number of ether oxygens (including phenoxy) is 2. The second kappa shape index (κ2) is 10.9. The Hall–Kier alpha value is -4.78. The van der Waals surface area contributed by atoms with Gasteiger partial charge in [-0.05, 0) is 43.3 Å². The first-order chi connectivity index (χ1) is 17.8. The smallest absolute Gasteiger partial charge is 0.350 e. The quantitative estimate of drug-likeness (QED) is 0.158. The molecule has 37 heavy (non-hydrogen) atoms. The number of aromatic nitrogens is 5. The van der Waals surface area contributed by atoms with Gasteiger partial charge >= 0.3 is 5.69 Å². The molecule has 12 nitrogen and oxygen atoms in total. The molecular formula is C24H25FN8O4. The van der Waals surface area contributed by atoms with Gasteiger partial charge in [-0.3, -0.25) is 10.4 Å². The first-order valence-electron chi connectivity index (χ1n) is 11.1. The van der Waals surface area contributed by atoms with Crippen molar-refractivity contribution in [3.05, 3.63) is 88.1 Å². The zero-order valence-electron chi connectivity index (χ0n) is 20.0. The molecule has 0 bridgehead atoms. The van der Waals surface area contributed by atoms with Crippen LogP contribution in [0, 0.1) is 11.2 Å². The Morgan fingerprint density at radius 3 is 2.59 bits per heavy atom. The minimum atomic E-state index is -1.04. The molecule has 0 saturated heterocycles. The molecule has 4 aromatic rings. The van der Waals surface area contributed by atoms with Crippen molar-refractivity contribution in [1.29, 1.82) is 5.41 Å². The Morgan fingerprint density at radius 2 is 1.97 bits per heavy atom. The van der Waals surface area contributed by atoms with E-state index < -0.39 is 23.7 Å². The lowest BCUT2D eigenvalue weighted by Crippen LogP contribution is -2.19. The number of hydrogen-bond donors (Lipinski definition) is 5. The van der Waals surface area contributed by atoms with Gasteiger partial charge in [-0.25, -0.2) is 19.2 Å². The highest BCUT2D eigenvalue weighted by molar-refractivity contribution is 5.95. The van der Waals surface area contributed by atoms with Crippen LogP contribution in [-0.4, -0.2) is 55.5 Å². The van der Waals surface area contributed by atoms with Crippen molar-refractivity contribution in [3.63, 3.8) is 0 Å². The SMILES string of the molecule is COc1cc(OC[C@H](C)O)c(F)c([C@H](Nc2ccc(C(=N)N)cc2)c2nn(-c3ncccn3)c(=O)[nH]2)c1. The molecule has 6 N–H and O–H groups in total. The molecule has 4 rings (SSSR count). The summed E-state index contributed by atoms with van der Waals surface area (Å²) in [6.07, 6.45) is 2.09. The first kappa shape index (κ1) is 25.3. The standard InChI is InChI=1S/C24H25FN8O4/c1-13(34)12-37-18-11-16(36-2)10-17(19(18)25)20(30-15-6-4-14(5-7-15)21(26)27)22-31-24(35)33(32-22)23-28-8-3-9-29-23/h3-11,13,20,30,34H,12H2,1-2H3,(H3,26,27)(H,31,32,35)/t13-,20-/m0/s1. The second-order valence-electron chi connectivity index (χ2n) is 8.03. The van der Waals surface area contributed by atoms with E-state index in [1.54, 1.807) is 30.3 Å². The van der Waals surface area contributed by atoms with Crippen molar-refractivity contribution in [3.8, 4) is 17.4 Å². The first-order valence-corrected chi connectivity index (χ1v) is 11.1. The lowest BCUT2D eigenvalue weighted by molar-refractivity contribution is 0.120. The average molecular weight is 509 g/mol. The molecule has 0 amide bonds. The third-order valence-corrected chi connectivity index (χ3v) is 5.22. The van der Waals surface area contributed by atoms with Crippen LogP contribution in [0.1, 0.15) is 29.9 Å². The van der Waals surface area contributed by atoms with E-state index in [0.717, 1.165) is 4.68 Å². The number of aliphatic hydroxyl groups excluding tert-OH is 1. The van der Waals surface area contributed by atoms with E-state index in [1.807, 2.05) is 0 Å². The molecular weight excluding hydrogens is 483 g/mol. The molecule has 0 spiro atoms. The minimum Gasteiger partial charge on any atom is -0.497 e. The Balaban J connectivity index is 1.83. The van der Waals surface area contributed by atoms with E-state index in [0.29, 0.717) is 11.3 Å². The van der Waals surface area contributed by atoms with Crippen molar-refractivity contribution in [1.82, 2.24) is 24.7 Å². The summed E-state index contributed by atoms with van der Waals surface area (Å²) in [7, 11) is 1.42. The Kier molecular flexibility index (Phi) is 7.44. The zero-order valence-corrected chi connectivity index (χ0v) is 20.0. The zero-order chi connectivity index (χ0) is 26.5.